The van der Waals surface area contributed by atoms with Crippen LogP contribution in [-0.2, 0) is 22.5 Å². The molecular weight excluding hydrogens is 282 g/mol. The lowest BCUT2D eigenvalue weighted by atomic mass is 10.2. The van der Waals surface area contributed by atoms with Crippen LogP contribution in [0.4, 0.5) is 0 Å². The van der Waals surface area contributed by atoms with Gasteiger partial charge in [-0.3, -0.25) is 9.69 Å². The third kappa shape index (κ3) is 3.33. The summed E-state index contributed by atoms with van der Waals surface area (Å²) in [6.07, 6.45) is 2.41. The summed E-state index contributed by atoms with van der Waals surface area (Å²) < 4.78 is 10.5. The second-order valence-corrected chi connectivity index (χ2v) is 5.40. The standard InChI is InChI=1S/C16H19N3O3/c1-21-16(20)13-8-5-9-19(13)11-15-18-17-14(22-15)10-12-6-3-2-4-7-12/h2-4,6-7,13H,5,8-11H2,1H3. The zero-order chi connectivity index (χ0) is 15.4. The van der Waals surface area contributed by atoms with Gasteiger partial charge in [0.2, 0.25) is 11.8 Å². The quantitative estimate of drug-likeness (QED) is 0.784. The maximum Gasteiger partial charge on any atom is 0.323 e. The number of rotatable bonds is 5. The van der Waals surface area contributed by atoms with E-state index in [9.17, 15) is 4.79 Å². The van der Waals surface area contributed by atoms with E-state index in [-0.39, 0.29) is 12.0 Å². The molecule has 116 valence electrons. The number of likely N-dealkylation sites (tertiary alicyclic amines) is 1. The van der Waals surface area contributed by atoms with Crippen LogP contribution in [0.3, 0.4) is 0 Å². The number of benzene rings is 1. The van der Waals surface area contributed by atoms with Gasteiger partial charge in [0.05, 0.1) is 20.1 Å². The zero-order valence-electron chi connectivity index (χ0n) is 12.6. The fourth-order valence-electron chi connectivity index (χ4n) is 2.79. The largest absolute Gasteiger partial charge is 0.468 e. The van der Waals surface area contributed by atoms with Gasteiger partial charge in [-0.15, -0.1) is 10.2 Å². The summed E-state index contributed by atoms with van der Waals surface area (Å²) in [6.45, 7) is 1.33. The summed E-state index contributed by atoms with van der Waals surface area (Å²) in [4.78, 5) is 13.8. The highest BCUT2D eigenvalue weighted by atomic mass is 16.5. The van der Waals surface area contributed by atoms with E-state index in [4.69, 9.17) is 9.15 Å². The minimum atomic E-state index is -0.200. The number of aromatic nitrogens is 2. The highest BCUT2D eigenvalue weighted by Crippen LogP contribution is 2.21. The normalized spacial score (nSPS) is 18.5. The van der Waals surface area contributed by atoms with Crippen molar-refractivity contribution in [1.82, 2.24) is 15.1 Å². The lowest BCUT2D eigenvalue weighted by Crippen LogP contribution is -2.36. The Bertz CT molecular complexity index is 627. The van der Waals surface area contributed by atoms with Crippen molar-refractivity contribution in [2.24, 2.45) is 0 Å². The van der Waals surface area contributed by atoms with Crippen LogP contribution in [0.25, 0.3) is 0 Å². The molecule has 1 aliphatic heterocycles. The summed E-state index contributed by atoms with van der Waals surface area (Å²) in [6, 6.07) is 9.79. The molecule has 0 amide bonds. The second kappa shape index (κ2) is 6.70. The molecule has 6 heteroatoms. The van der Waals surface area contributed by atoms with Crippen molar-refractivity contribution in [3.05, 3.63) is 47.7 Å². The first-order valence-corrected chi connectivity index (χ1v) is 7.43. The van der Waals surface area contributed by atoms with Gasteiger partial charge >= 0.3 is 5.97 Å². The molecule has 2 aromatic rings. The van der Waals surface area contributed by atoms with Gasteiger partial charge in [0.25, 0.3) is 0 Å². The predicted molar refractivity (Wildman–Crippen MR) is 79.0 cm³/mol. The fourth-order valence-corrected chi connectivity index (χ4v) is 2.79. The molecule has 1 aromatic heterocycles. The lowest BCUT2D eigenvalue weighted by Gasteiger charge is -2.20. The summed E-state index contributed by atoms with van der Waals surface area (Å²) >= 11 is 0. The van der Waals surface area contributed by atoms with Crippen molar-refractivity contribution in [3.8, 4) is 0 Å². The van der Waals surface area contributed by atoms with Crippen molar-refractivity contribution < 1.29 is 13.9 Å². The molecule has 3 rings (SSSR count). The van der Waals surface area contributed by atoms with Crippen LogP contribution in [0.5, 0.6) is 0 Å². The molecular formula is C16H19N3O3. The highest BCUT2D eigenvalue weighted by Gasteiger charge is 2.32. The number of carbonyl (C=O) groups excluding carboxylic acids is 1. The van der Waals surface area contributed by atoms with Gasteiger partial charge in [0, 0.05) is 0 Å². The van der Waals surface area contributed by atoms with Crippen LogP contribution in [0.1, 0.15) is 30.2 Å². The molecule has 22 heavy (non-hydrogen) atoms. The summed E-state index contributed by atoms with van der Waals surface area (Å²) in [5.74, 6) is 0.943. The van der Waals surface area contributed by atoms with Gasteiger partial charge in [-0.25, -0.2) is 0 Å². The fraction of sp³-hybridized carbons (Fsp3) is 0.438. The zero-order valence-corrected chi connectivity index (χ0v) is 12.6. The first-order valence-electron chi connectivity index (χ1n) is 7.43. The van der Waals surface area contributed by atoms with Crippen molar-refractivity contribution in [2.75, 3.05) is 13.7 Å². The minimum Gasteiger partial charge on any atom is -0.468 e. The van der Waals surface area contributed by atoms with Gasteiger partial charge in [0.1, 0.15) is 6.04 Å². The monoisotopic (exact) mass is 301 g/mol. The third-order valence-corrected chi connectivity index (χ3v) is 3.88. The topological polar surface area (TPSA) is 68.5 Å². The number of carbonyl (C=O) groups is 1. The maximum atomic E-state index is 11.7. The molecule has 0 radical (unpaired) electrons. The Morgan fingerprint density at radius 2 is 2.09 bits per heavy atom. The average molecular weight is 301 g/mol. The van der Waals surface area contributed by atoms with E-state index < -0.39 is 0 Å². The number of esters is 1. The average Bonchev–Trinajstić information content (AvgIpc) is 3.18. The van der Waals surface area contributed by atoms with E-state index in [1.807, 2.05) is 35.2 Å². The van der Waals surface area contributed by atoms with Crippen LogP contribution in [0.15, 0.2) is 34.7 Å². The first kappa shape index (κ1) is 14.7. The van der Waals surface area contributed by atoms with Crippen molar-refractivity contribution in [3.63, 3.8) is 0 Å². The third-order valence-electron chi connectivity index (χ3n) is 3.88. The minimum absolute atomic E-state index is 0.193. The van der Waals surface area contributed by atoms with Crippen LogP contribution in [-0.4, -0.2) is 40.8 Å². The summed E-state index contributed by atoms with van der Waals surface area (Å²) in [5.41, 5.74) is 1.13. The smallest absolute Gasteiger partial charge is 0.323 e. The molecule has 0 saturated carbocycles. The molecule has 1 saturated heterocycles. The molecule has 0 N–H and O–H groups in total. The van der Waals surface area contributed by atoms with E-state index in [0.717, 1.165) is 24.9 Å². The van der Waals surface area contributed by atoms with E-state index in [2.05, 4.69) is 10.2 Å². The second-order valence-electron chi connectivity index (χ2n) is 5.40. The van der Waals surface area contributed by atoms with Crippen molar-refractivity contribution in [2.45, 2.75) is 31.8 Å². The molecule has 1 atom stereocenters. The summed E-state index contributed by atoms with van der Waals surface area (Å²) in [7, 11) is 1.42. The summed E-state index contributed by atoms with van der Waals surface area (Å²) in [5, 5.41) is 8.17. The van der Waals surface area contributed by atoms with E-state index in [0.29, 0.717) is 24.7 Å². The van der Waals surface area contributed by atoms with Crippen molar-refractivity contribution in [1.29, 1.82) is 0 Å². The Morgan fingerprint density at radius 1 is 1.32 bits per heavy atom. The molecule has 2 heterocycles. The Kier molecular flexibility index (Phi) is 4.48. The Labute approximate surface area is 129 Å². The predicted octanol–water partition coefficient (Wildman–Crippen LogP) is 1.80. The molecule has 0 aliphatic carbocycles. The number of hydrogen-bond donors (Lipinski definition) is 0. The SMILES string of the molecule is COC(=O)C1CCCN1Cc1nnc(Cc2ccccc2)o1. The Morgan fingerprint density at radius 3 is 2.86 bits per heavy atom. The highest BCUT2D eigenvalue weighted by molar-refractivity contribution is 5.75. The Hall–Kier alpha value is -2.21. The molecule has 1 fully saturated rings. The van der Waals surface area contributed by atoms with Gasteiger partial charge in [-0.05, 0) is 24.9 Å². The number of methoxy groups -OCH3 is 1. The van der Waals surface area contributed by atoms with Crippen LogP contribution >= 0.6 is 0 Å². The van der Waals surface area contributed by atoms with Crippen LogP contribution in [0.2, 0.25) is 0 Å². The maximum absolute atomic E-state index is 11.7. The Balaban J connectivity index is 1.63. The van der Waals surface area contributed by atoms with Gasteiger partial charge in [0.15, 0.2) is 0 Å². The number of ether oxygens (including phenoxy) is 1. The number of hydrogen-bond acceptors (Lipinski definition) is 6. The van der Waals surface area contributed by atoms with E-state index >= 15 is 0 Å². The van der Waals surface area contributed by atoms with E-state index in [1.54, 1.807) is 0 Å². The van der Waals surface area contributed by atoms with Gasteiger partial charge in [-0.2, -0.15) is 0 Å². The molecule has 6 nitrogen and oxygen atoms in total. The lowest BCUT2D eigenvalue weighted by molar-refractivity contribution is -0.146. The molecule has 0 spiro atoms. The first-order chi connectivity index (χ1) is 10.8. The van der Waals surface area contributed by atoms with Gasteiger partial charge < -0.3 is 9.15 Å². The molecule has 1 aromatic carbocycles. The molecule has 1 aliphatic rings. The number of nitrogens with zero attached hydrogens (tertiary/aromatic N) is 3. The van der Waals surface area contributed by atoms with Crippen LogP contribution in [0, 0.1) is 0 Å². The van der Waals surface area contributed by atoms with Gasteiger partial charge in [-0.1, -0.05) is 30.3 Å². The molecule has 1 unspecified atom stereocenters. The van der Waals surface area contributed by atoms with Crippen molar-refractivity contribution >= 4 is 5.97 Å². The van der Waals surface area contributed by atoms with E-state index in [1.165, 1.54) is 7.11 Å². The molecule has 0 bridgehead atoms. The van der Waals surface area contributed by atoms with Crippen LogP contribution < -0.4 is 0 Å².